The molecule has 0 aliphatic rings. The number of nitrogens with zero attached hydrogens (tertiary/aromatic N) is 2. The summed E-state index contributed by atoms with van der Waals surface area (Å²) in [6.45, 7) is 7.59. The number of aromatic nitrogens is 2. The Kier molecular flexibility index (Phi) is 5.69. The molecule has 0 saturated heterocycles. The monoisotopic (exact) mass is 238 g/mol. The van der Waals surface area contributed by atoms with Gasteiger partial charge in [0.15, 0.2) is 0 Å². The standard InChI is InChI=1S/C12H22N4O/c1-5-10-11(13-4)15-8-16-12(10)14-6-7-17-9(2)3/h8-9H,5-7H2,1-4H3,(H2,13,14,15,16). The largest absolute Gasteiger partial charge is 0.377 e. The molecule has 1 heterocycles. The zero-order chi connectivity index (χ0) is 12.7. The predicted molar refractivity (Wildman–Crippen MR) is 70.5 cm³/mol. The van der Waals surface area contributed by atoms with Crippen LogP contribution in [0.25, 0.3) is 0 Å². The van der Waals surface area contributed by atoms with Gasteiger partial charge in [-0.1, -0.05) is 6.92 Å². The van der Waals surface area contributed by atoms with Crippen LogP contribution in [-0.2, 0) is 11.2 Å². The van der Waals surface area contributed by atoms with Gasteiger partial charge in [-0.15, -0.1) is 0 Å². The average Bonchev–Trinajstić information content (AvgIpc) is 2.33. The number of nitrogens with one attached hydrogen (secondary N) is 2. The van der Waals surface area contributed by atoms with Crippen LogP contribution in [0.15, 0.2) is 6.33 Å². The van der Waals surface area contributed by atoms with E-state index in [1.54, 1.807) is 6.33 Å². The van der Waals surface area contributed by atoms with Crippen LogP contribution >= 0.6 is 0 Å². The van der Waals surface area contributed by atoms with E-state index in [0.29, 0.717) is 6.61 Å². The number of ether oxygens (including phenoxy) is 1. The Hall–Kier alpha value is -1.36. The summed E-state index contributed by atoms with van der Waals surface area (Å²) in [5.74, 6) is 1.77. The minimum absolute atomic E-state index is 0.265. The van der Waals surface area contributed by atoms with E-state index in [4.69, 9.17) is 4.74 Å². The van der Waals surface area contributed by atoms with Crippen molar-refractivity contribution in [2.75, 3.05) is 30.8 Å². The lowest BCUT2D eigenvalue weighted by Crippen LogP contribution is -2.15. The quantitative estimate of drug-likeness (QED) is 0.711. The van der Waals surface area contributed by atoms with E-state index < -0.39 is 0 Å². The second-order valence-corrected chi connectivity index (χ2v) is 4.00. The van der Waals surface area contributed by atoms with Gasteiger partial charge in [0.1, 0.15) is 18.0 Å². The van der Waals surface area contributed by atoms with Crippen molar-refractivity contribution in [1.29, 1.82) is 0 Å². The zero-order valence-electron chi connectivity index (χ0n) is 11.1. The molecule has 1 aromatic rings. The second-order valence-electron chi connectivity index (χ2n) is 4.00. The van der Waals surface area contributed by atoms with Crippen molar-refractivity contribution in [2.24, 2.45) is 0 Å². The summed E-state index contributed by atoms with van der Waals surface area (Å²) in [4.78, 5) is 8.45. The lowest BCUT2D eigenvalue weighted by molar-refractivity contribution is 0.0870. The van der Waals surface area contributed by atoms with Gasteiger partial charge in [0.2, 0.25) is 0 Å². The SMILES string of the molecule is CCc1c(NC)ncnc1NCCOC(C)C. The van der Waals surface area contributed by atoms with E-state index in [-0.39, 0.29) is 6.10 Å². The minimum Gasteiger partial charge on any atom is -0.377 e. The van der Waals surface area contributed by atoms with Crippen molar-refractivity contribution in [3.05, 3.63) is 11.9 Å². The van der Waals surface area contributed by atoms with E-state index in [2.05, 4.69) is 27.5 Å². The van der Waals surface area contributed by atoms with Gasteiger partial charge in [-0.2, -0.15) is 0 Å². The van der Waals surface area contributed by atoms with Gasteiger partial charge < -0.3 is 15.4 Å². The first-order valence-electron chi connectivity index (χ1n) is 6.06. The molecule has 1 aromatic heterocycles. The molecule has 0 radical (unpaired) electrons. The molecule has 0 fully saturated rings. The fourth-order valence-electron chi connectivity index (χ4n) is 1.58. The van der Waals surface area contributed by atoms with Crippen LogP contribution < -0.4 is 10.6 Å². The highest BCUT2D eigenvalue weighted by atomic mass is 16.5. The highest BCUT2D eigenvalue weighted by molar-refractivity contribution is 5.56. The number of rotatable bonds is 7. The summed E-state index contributed by atoms with van der Waals surface area (Å²) in [7, 11) is 1.87. The first-order valence-corrected chi connectivity index (χ1v) is 6.06. The maximum Gasteiger partial charge on any atom is 0.134 e. The molecule has 96 valence electrons. The lowest BCUT2D eigenvalue weighted by atomic mass is 10.2. The Morgan fingerprint density at radius 3 is 2.59 bits per heavy atom. The molecular weight excluding hydrogens is 216 g/mol. The van der Waals surface area contributed by atoms with E-state index in [1.807, 2.05) is 20.9 Å². The molecule has 0 unspecified atom stereocenters. The number of hydrogen-bond donors (Lipinski definition) is 2. The first kappa shape index (κ1) is 13.7. The van der Waals surface area contributed by atoms with Gasteiger partial charge in [0.05, 0.1) is 12.7 Å². The highest BCUT2D eigenvalue weighted by Crippen LogP contribution is 2.19. The molecule has 0 spiro atoms. The third-order valence-electron chi connectivity index (χ3n) is 2.38. The Balaban J connectivity index is 2.58. The molecule has 2 N–H and O–H groups in total. The first-order chi connectivity index (χ1) is 8.19. The molecule has 1 rings (SSSR count). The van der Waals surface area contributed by atoms with Crippen molar-refractivity contribution in [2.45, 2.75) is 33.3 Å². The molecule has 0 saturated carbocycles. The second kappa shape index (κ2) is 7.06. The van der Waals surface area contributed by atoms with Gasteiger partial charge >= 0.3 is 0 Å². The smallest absolute Gasteiger partial charge is 0.134 e. The van der Waals surface area contributed by atoms with E-state index in [1.165, 1.54) is 0 Å². The summed E-state index contributed by atoms with van der Waals surface area (Å²) in [5, 5.41) is 6.35. The van der Waals surface area contributed by atoms with Gasteiger partial charge in [-0.05, 0) is 20.3 Å². The molecule has 5 heteroatoms. The van der Waals surface area contributed by atoms with Crippen LogP contribution in [0.5, 0.6) is 0 Å². The fraction of sp³-hybridized carbons (Fsp3) is 0.667. The maximum absolute atomic E-state index is 5.47. The van der Waals surface area contributed by atoms with Crippen molar-refractivity contribution in [1.82, 2.24) is 9.97 Å². The summed E-state index contributed by atoms with van der Waals surface area (Å²) >= 11 is 0. The van der Waals surface area contributed by atoms with Crippen LogP contribution in [0.4, 0.5) is 11.6 Å². The van der Waals surface area contributed by atoms with Gasteiger partial charge in [0, 0.05) is 19.2 Å². The molecular formula is C12H22N4O. The van der Waals surface area contributed by atoms with Gasteiger partial charge in [-0.3, -0.25) is 0 Å². The van der Waals surface area contributed by atoms with Crippen LogP contribution in [0.1, 0.15) is 26.3 Å². The minimum atomic E-state index is 0.265. The predicted octanol–water partition coefficient (Wildman–Crippen LogP) is 1.92. The summed E-state index contributed by atoms with van der Waals surface area (Å²) in [6.07, 6.45) is 2.72. The van der Waals surface area contributed by atoms with Crippen LogP contribution in [0.2, 0.25) is 0 Å². The third-order valence-corrected chi connectivity index (χ3v) is 2.38. The maximum atomic E-state index is 5.47. The molecule has 5 nitrogen and oxygen atoms in total. The number of hydrogen-bond acceptors (Lipinski definition) is 5. The molecule has 0 amide bonds. The van der Waals surface area contributed by atoms with Crippen molar-refractivity contribution in [3.63, 3.8) is 0 Å². The summed E-state index contributed by atoms with van der Waals surface area (Å²) in [6, 6.07) is 0. The molecule has 0 aliphatic carbocycles. The molecule has 0 bridgehead atoms. The van der Waals surface area contributed by atoms with E-state index in [0.717, 1.165) is 30.2 Å². The summed E-state index contributed by atoms with van der Waals surface area (Å²) < 4.78 is 5.47. The highest BCUT2D eigenvalue weighted by Gasteiger charge is 2.07. The molecule has 0 atom stereocenters. The molecule has 17 heavy (non-hydrogen) atoms. The van der Waals surface area contributed by atoms with Crippen molar-refractivity contribution >= 4 is 11.6 Å². The van der Waals surface area contributed by atoms with Crippen molar-refractivity contribution in [3.8, 4) is 0 Å². The third kappa shape index (κ3) is 4.19. The molecule has 0 aromatic carbocycles. The Bertz CT molecular complexity index is 341. The lowest BCUT2D eigenvalue weighted by Gasteiger charge is -2.13. The van der Waals surface area contributed by atoms with Gasteiger partial charge in [-0.25, -0.2) is 9.97 Å². The van der Waals surface area contributed by atoms with Crippen LogP contribution in [0, 0.1) is 0 Å². The van der Waals surface area contributed by atoms with E-state index >= 15 is 0 Å². The van der Waals surface area contributed by atoms with Crippen LogP contribution in [-0.4, -0.2) is 36.3 Å². The van der Waals surface area contributed by atoms with Crippen LogP contribution in [0.3, 0.4) is 0 Å². The zero-order valence-corrected chi connectivity index (χ0v) is 11.1. The summed E-state index contributed by atoms with van der Waals surface area (Å²) in [5.41, 5.74) is 1.11. The molecule has 0 aliphatic heterocycles. The Labute approximate surface area is 103 Å². The average molecular weight is 238 g/mol. The Morgan fingerprint density at radius 2 is 2.00 bits per heavy atom. The number of anilines is 2. The van der Waals surface area contributed by atoms with Crippen molar-refractivity contribution < 1.29 is 4.74 Å². The normalized spacial score (nSPS) is 10.6. The Morgan fingerprint density at radius 1 is 1.29 bits per heavy atom. The topological polar surface area (TPSA) is 59.1 Å². The van der Waals surface area contributed by atoms with Gasteiger partial charge in [0.25, 0.3) is 0 Å². The fourth-order valence-corrected chi connectivity index (χ4v) is 1.58. The van der Waals surface area contributed by atoms with E-state index in [9.17, 15) is 0 Å².